The number of nitrogens with zero attached hydrogens (tertiary/aromatic N) is 1. The van der Waals surface area contributed by atoms with Gasteiger partial charge in [0.1, 0.15) is 28.7 Å². The number of carboxylic acids is 1. The fourth-order valence-electron chi connectivity index (χ4n) is 4.11. The van der Waals surface area contributed by atoms with Crippen molar-refractivity contribution in [3.05, 3.63) is 76.3 Å². The lowest BCUT2D eigenvalue weighted by Gasteiger charge is -2.36. The number of carboxylic acid groups (broad SMARTS) is 1. The number of hydrogen-bond donors (Lipinski definition) is 3. The summed E-state index contributed by atoms with van der Waals surface area (Å²) in [5, 5.41) is 31.5. The number of phenols is 2. The van der Waals surface area contributed by atoms with Crippen molar-refractivity contribution in [2.75, 3.05) is 0 Å². The van der Waals surface area contributed by atoms with E-state index in [9.17, 15) is 24.9 Å². The Hall–Kier alpha value is -4.20. The highest BCUT2D eigenvalue weighted by molar-refractivity contribution is 7.78. The van der Waals surface area contributed by atoms with Gasteiger partial charge in [-0.2, -0.15) is 4.99 Å². The van der Waals surface area contributed by atoms with Crippen molar-refractivity contribution in [3.63, 3.8) is 0 Å². The van der Waals surface area contributed by atoms with Gasteiger partial charge in [0.2, 0.25) is 0 Å². The number of benzene rings is 3. The molecule has 3 N–H and O–H groups in total. The number of phenolic OH excluding ortho intramolecular Hbond substituents is 2. The molecule has 0 atom stereocenters. The molecule has 1 spiro atoms. The number of carbonyl (C=O) groups is 2. The van der Waals surface area contributed by atoms with Gasteiger partial charge in [-0.3, -0.25) is 0 Å². The molecule has 5 rings (SSSR count). The molecule has 0 aliphatic carbocycles. The van der Waals surface area contributed by atoms with Crippen molar-refractivity contribution in [2.45, 2.75) is 5.60 Å². The quantitative estimate of drug-likeness (QED) is 0.313. The van der Waals surface area contributed by atoms with Crippen LogP contribution in [0.5, 0.6) is 23.0 Å². The summed E-state index contributed by atoms with van der Waals surface area (Å²) >= 11 is 4.66. The van der Waals surface area contributed by atoms with E-state index in [1.807, 2.05) is 0 Å². The van der Waals surface area contributed by atoms with E-state index in [1.165, 1.54) is 36.4 Å². The van der Waals surface area contributed by atoms with Gasteiger partial charge in [0.05, 0.1) is 16.3 Å². The lowest BCUT2D eigenvalue weighted by molar-refractivity contribution is 0.0224. The third-order valence-corrected chi connectivity index (χ3v) is 5.40. The first-order chi connectivity index (χ1) is 14.9. The van der Waals surface area contributed by atoms with Gasteiger partial charge in [-0.15, -0.1) is 0 Å². The average Bonchev–Trinajstić information content (AvgIpc) is 3.01. The minimum atomic E-state index is -1.51. The number of aromatic hydroxyl groups is 2. The Bertz CT molecular complexity index is 1320. The normalized spacial score (nSPS) is 14.5. The predicted octanol–water partition coefficient (Wildman–Crippen LogP) is 4.10. The minimum Gasteiger partial charge on any atom is -0.508 e. The van der Waals surface area contributed by atoms with Crippen LogP contribution in [0.1, 0.15) is 37.4 Å². The molecule has 2 heterocycles. The Morgan fingerprint density at radius 1 is 0.968 bits per heavy atom. The van der Waals surface area contributed by atoms with Gasteiger partial charge >= 0.3 is 11.9 Å². The van der Waals surface area contributed by atoms with E-state index < -0.39 is 17.5 Å². The molecule has 9 heteroatoms. The van der Waals surface area contributed by atoms with Crippen LogP contribution in [0, 0.1) is 0 Å². The van der Waals surface area contributed by atoms with Gasteiger partial charge in [0, 0.05) is 28.8 Å². The van der Waals surface area contributed by atoms with Crippen LogP contribution in [0.4, 0.5) is 5.69 Å². The number of isothiocyanates is 1. The van der Waals surface area contributed by atoms with E-state index >= 15 is 0 Å². The highest BCUT2D eigenvalue weighted by atomic mass is 32.1. The number of aromatic carboxylic acids is 1. The largest absolute Gasteiger partial charge is 0.508 e. The van der Waals surface area contributed by atoms with Gasteiger partial charge in [0.25, 0.3) is 0 Å². The van der Waals surface area contributed by atoms with Crippen molar-refractivity contribution in [1.29, 1.82) is 0 Å². The summed E-state index contributed by atoms with van der Waals surface area (Å²) in [4.78, 5) is 28.6. The fraction of sp³-hybridized carbons (Fsp3) is 0.0455. The molecule has 0 bridgehead atoms. The van der Waals surface area contributed by atoms with Crippen molar-refractivity contribution in [2.24, 2.45) is 4.99 Å². The van der Waals surface area contributed by atoms with Crippen LogP contribution < -0.4 is 4.74 Å². The van der Waals surface area contributed by atoms with E-state index in [1.54, 1.807) is 12.1 Å². The van der Waals surface area contributed by atoms with Gasteiger partial charge < -0.3 is 24.8 Å². The number of thiocarbonyl (C=S) groups is 1. The molecule has 8 nitrogen and oxygen atoms in total. The lowest BCUT2D eigenvalue weighted by atomic mass is 9.77. The van der Waals surface area contributed by atoms with Crippen LogP contribution in [-0.2, 0) is 10.3 Å². The molecule has 2 aliphatic rings. The summed E-state index contributed by atoms with van der Waals surface area (Å²) in [6.07, 6.45) is 0. The van der Waals surface area contributed by atoms with E-state index in [-0.39, 0.29) is 39.8 Å². The molecular weight excluding hydrogens is 422 g/mol. The predicted molar refractivity (Wildman–Crippen MR) is 110 cm³/mol. The molecule has 0 unspecified atom stereocenters. The maximum Gasteiger partial charge on any atom is 0.342 e. The molecule has 3 aromatic rings. The lowest BCUT2D eigenvalue weighted by Crippen LogP contribution is -2.32. The molecule has 3 aromatic carbocycles. The Morgan fingerprint density at radius 3 is 2.10 bits per heavy atom. The second-order valence-corrected chi connectivity index (χ2v) is 7.11. The van der Waals surface area contributed by atoms with Crippen LogP contribution >= 0.6 is 12.2 Å². The summed E-state index contributed by atoms with van der Waals surface area (Å²) in [6.45, 7) is 0. The Morgan fingerprint density at radius 2 is 1.55 bits per heavy atom. The molecule has 2 aliphatic heterocycles. The van der Waals surface area contributed by atoms with Crippen LogP contribution in [0.2, 0.25) is 0 Å². The van der Waals surface area contributed by atoms with Crippen LogP contribution in [0.3, 0.4) is 0 Å². The molecule has 0 saturated heterocycles. The van der Waals surface area contributed by atoms with Crippen LogP contribution in [0.25, 0.3) is 0 Å². The van der Waals surface area contributed by atoms with E-state index in [4.69, 9.17) is 9.47 Å². The molecular formula is C22H11NO7S. The zero-order chi connectivity index (χ0) is 21.9. The van der Waals surface area contributed by atoms with Gasteiger partial charge in [-0.05, 0) is 42.5 Å². The number of ether oxygens (including phenoxy) is 2. The number of rotatable bonds is 2. The molecule has 0 amide bonds. The second kappa shape index (κ2) is 6.40. The van der Waals surface area contributed by atoms with Crippen molar-refractivity contribution in [3.8, 4) is 23.0 Å². The first-order valence-corrected chi connectivity index (χ1v) is 9.34. The zero-order valence-electron chi connectivity index (χ0n) is 15.4. The van der Waals surface area contributed by atoms with Crippen molar-refractivity contribution >= 4 is 35.0 Å². The molecule has 152 valence electrons. The number of fused-ring (bicyclic) bond motifs is 6. The minimum absolute atomic E-state index is 0.0581. The molecule has 0 fully saturated rings. The Balaban J connectivity index is 1.92. The highest BCUT2D eigenvalue weighted by Crippen LogP contribution is 2.58. The number of hydrogen-bond acceptors (Lipinski definition) is 8. The van der Waals surface area contributed by atoms with E-state index in [0.717, 1.165) is 0 Å². The third-order valence-electron chi connectivity index (χ3n) is 5.30. The van der Waals surface area contributed by atoms with Gasteiger partial charge in [0.15, 0.2) is 5.60 Å². The summed E-state index contributed by atoms with van der Waals surface area (Å²) < 4.78 is 11.8. The topological polar surface area (TPSA) is 126 Å². The third kappa shape index (κ3) is 2.48. The summed E-state index contributed by atoms with van der Waals surface area (Å²) in [5.41, 5.74) is -0.805. The van der Waals surface area contributed by atoms with Gasteiger partial charge in [-0.1, -0.05) is 6.07 Å². The maximum atomic E-state index is 13.1. The van der Waals surface area contributed by atoms with E-state index in [2.05, 4.69) is 22.4 Å². The first kappa shape index (κ1) is 18.8. The molecule has 0 radical (unpaired) electrons. The summed E-state index contributed by atoms with van der Waals surface area (Å²) in [7, 11) is 0. The van der Waals surface area contributed by atoms with Crippen molar-refractivity contribution < 1.29 is 34.4 Å². The maximum absolute atomic E-state index is 13.1. The number of carbonyl (C=O) groups excluding carboxylic acids is 1. The fourth-order valence-corrected chi connectivity index (χ4v) is 4.20. The van der Waals surface area contributed by atoms with Crippen molar-refractivity contribution in [1.82, 2.24) is 0 Å². The molecule has 31 heavy (non-hydrogen) atoms. The summed E-state index contributed by atoms with van der Waals surface area (Å²) in [5.74, 6) is -1.82. The molecule has 0 saturated carbocycles. The number of esters is 1. The monoisotopic (exact) mass is 433 g/mol. The van der Waals surface area contributed by atoms with Crippen LogP contribution in [-0.4, -0.2) is 32.4 Å². The SMILES string of the molecule is O=C(O)c1ccc2c(c1N=C=S)C(=O)OC21c2ccc(O)cc2Oc2cc(O)ccc21. The summed E-state index contributed by atoms with van der Waals surface area (Å²) in [6, 6.07) is 11.4. The van der Waals surface area contributed by atoms with E-state index in [0.29, 0.717) is 16.7 Å². The zero-order valence-corrected chi connectivity index (χ0v) is 16.3. The van der Waals surface area contributed by atoms with Crippen LogP contribution in [0.15, 0.2) is 53.5 Å². The standard InChI is InChI=1S/C22H11NO7S/c24-10-1-4-13-16(7-10)29-17-8-11(25)2-5-14(17)22(13)15-6-3-12(20(26)27)19(23-9-31)18(15)21(28)30-22/h1-8,24-25H,(H,26,27). The number of aliphatic imine (C=N–C) groups is 1. The molecule has 0 aromatic heterocycles. The second-order valence-electron chi connectivity index (χ2n) is 6.93. The highest BCUT2D eigenvalue weighted by Gasteiger charge is 2.55. The first-order valence-electron chi connectivity index (χ1n) is 8.93. The smallest absolute Gasteiger partial charge is 0.342 e. The Labute approximate surface area is 179 Å². The van der Waals surface area contributed by atoms with Gasteiger partial charge in [-0.25, -0.2) is 9.59 Å². The Kier molecular flexibility index (Phi) is 3.88. The average molecular weight is 433 g/mol.